The number of nitrogens with zero attached hydrogens (tertiary/aromatic N) is 1. The zero-order chi connectivity index (χ0) is 5.91. The molecule has 0 heterocycles. The molecular formula is C5H12NO. The Labute approximate surface area is 44.5 Å². The Balaban J connectivity index is 3.15. The molecule has 43 valence electrons. The number of hydrogen-bond donors (Lipinski definition) is 1. The minimum atomic E-state index is -0.616. The standard InChI is InChI=1S/C5H12NO/c1-5(2,7)4-6-3/h7H,4H2,1-3H3. The molecule has 0 aromatic carbocycles. The maximum Gasteiger partial charge on any atom is 0.0732 e. The van der Waals surface area contributed by atoms with Crippen LogP contribution in [0.15, 0.2) is 0 Å². The van der Waals surface area contributed by atoms with Crippen molar-refractivity contribution < 1.29 is 5.11 Å². The Morgan fingerprint density at radius 3 is 2.00 bits per heavy atom. The average Bonchev–Trinajstić information content (AvgIpc) is 1.30. The van der Waals surface area contributed by atoms with Crippen molar-refractivity contribution in [3.05, 3.63) is 0 Å². The minimum Gasteiger partial charge on any atom is -0.389 e. The Morgan fingerprint density at radius 2 is 2.00 bits per heavy atom. The predicted octanol–water partition coefficient (Wildman–Crippen LogP) is -0.00850. The number of likely N-dealkylation sites (N-methyl/N-ethyl adjacent to an activating group) is 1. The van der Waals surface area contributed by atoms with Crippen LogP contribution >= 0.6 is 0 Å². The largest absolute Gasteiger partial charge is 0.389 e. The summed E-state index contributed by atoms with van der Waals surface area (Å²) in [5.74, 6) is 0. The topological polar surface area (TPSA) is 34.3 Å². The van der Waals surface area contributed by atoms with E-state index in [0.29, 0.717) is 6.54 Å². The molecule has 0 aliphatic carbocycles. The van der Waals surface area contributed by atoms with E-state index in [4.69, 9.17) is 5.11 Å². The highest BCUT2D eigenvalue weighted by molar-refractivity contribution is 4.65. The first-order valence-corrected chi connectivity index (χ1v) is 2.34. The van der Waals surface area contributed by atoms with Crippen LogP contribution in [-0.2, 0) is 0 Å². The van der Waals surface area contributed by atoms with E-state index < -0.39 is 5.60 Å². The molecule has 0 aromatic rings. The van der Waals surface area contributed by atoms with Gasteiger partial charge in [0.1, 0.15) is 0 Å². The molecule has 0 aliphatic rings. The molecule has 1 N–H and O–H groups in total. The quantitative estimate of drug-likeness (QED) is 0.523. The molecule has 7 heavy (non-hydrogen) atoms. The smallest absolute Gasteiger partial charge is 0.0732 e. The van der Waals surface area contributed by atoms with Crippen LogP contribution < -0.4 is 5.32 Å². The van der Waals surface area contributed by atoms with Gasteiger partial charge in [0.05, 0.1) is 5.60 Å². The lowest BCUT2D eigenvalue weighted by atomic mass is 10.1. The normalized spacial score (nSPS) is 12.0. The fourth-order valence-electron chi connectivity index (χ4n) is 0.387. The summed E-state index contributed by atoms with van der Waals surface area (Å²) < 4.78 is 0. The average molecular weight is 102 g/mol. The van der Waals surface area contributed by atoms with Gasteiger partial charge in [-0.05, 0) is 13.8 Å². The molecule has 0 amide bonds. The van der Waals surface area contributed by atoms with Crippen LogP contribution in [0.5, 0.6) is 0 Å². The first-order valence-electron chi connectivity index (χ1n) is 2.34. The lowest BCUT2D eigenvalue weighted by Crippen LogP contribution is -2.28. The fourth-order valence-corrected chi connectivity index (χ4v) is 0.387. The lowest BCUT2D eigenvalue weighted by Gasteiger charge is -2.13. The van der Waals surface area contributed by atoms with Crippen LogP contribution in [0.1, 0.15) is 13.8 Å². The molecule has 0 bridgehead atoms. The second-order valence-corrected chi connectivity index (χ2v) is 2.29. The summed E-state index contributed by atoms with van der Waals surface area (Å²) in [4.78, 5) is 0. The first-order chi connectivity index (χ1) is 3.06. The summed E-state index contributed by atoms with van der Waals surface area (Å²) in [6, 6.07) is 0. The maximum absolute atomic E-state index is 8.92. The minimum absolute atomic E-state index is 0.521. The van der Waals surface area contributed by atoms with E-state index in [0.717, 1.165) is 0 Å². The van der Waals surface area contributed by atoms with Gasteiger partial charge in [0.15, 0.2) is 0 Å². The predicted molar refractivity (Wildman–Crippen MR) is 29.2 cm³/mol. The third-order valence-electron chi connectivity index (χ3n) is 0.545. The number of rotatable bonds is 2. The molecule has 0 unspecified atom stereocenters. The number of hydrogen-bond acceptors (Lipinski definition) is 1. The molecule has 0 atom stereocenters. The zero-order valence-electron chi connectivity index (χ0n) is 5.10. The molecule has 1 radical (unpaired) electrons. The Kier molecular flexibility index (Phi) is 2.26. The van der Waals surface area contributed by atoms with Gasteiger partial charge < -0.3 is 5.11 Å². The monoisotopic (exact) mass is 102 g/mol. The summed E-state index contributed by atoms with van der Waals surface area (Å²) in [5.41, 5.74) is -0.616. The van der Waals surface area contributed by atoms with Crippen LogP contribution in [0, 0.1) is 0 Å². The van der Waals surface area contributed by atoms with Crippen molar-refractivity contribution in [2.45, 2.75) is 19.4 Å². The van der Waals surface area contributed by atoms with Crippen molar-refractivity contribution in [1.29, 1.82) is 0 Å². The fraction of sp³-hybridized carbons (Fsp3) is 1.00. The van der Waals surface area contributed by atoms with Crippen molar-refractivity contribution >= 4 is 0 Å². The summed E-state index contributed by atoms with van der Waals surface area (Å²) in [7, 11) is 1.69. The second kappa shape index (κ2) is 2.28. The van der Waals surface area contributed by atoms with Gasteiger partial charge in [0.25, 0.3) is 0 Å². The first kappa shape index (κ1) is 6.92. The molecule has 0 saturated carbocycles. The summed E-state index contributed by atoms with van der Waals surface area (Å²) in [5, 5.41) is 12.7. The summed E-state index contributed by atoms with van der Waals surface area (Å²) in [6.07, 6.45) is 0. The van der Waals surface area contributed by atoms with Crippen molar-refractivity contribution in [1.82, 2.24) is 5.32 Å². The van der Waals surface area contributed by atoms with Crippen LogP contribution in [0.2, 0.25) is 0 Å². The molecule has 2 nitrogen and oxygen atoms in total. The highest BCUT2D eigenvalue weighted by atomic mass is 16.3. The maximum atomic E-state index is 8.92. The van der Waals surface area contributed by atoms with E-state index >= 15 is 0 Å². The Hall–Kier alpha value is -0.0800. The van der Waals surface area contributed by atoms with Gasteiger partial charge >= 0.3 is 0 Å². The Bertz CT molecular complexity index is 46.5. The molecule has 0 rings (SSSR count). The van der Waals surface area contributed by atoms with Gasteiger partial charge in [-0.1, -0.05) is 0 Å². The second-order valence-electron chi connectivity index (χ2n) is 2.29. The van der Waals surface area contributed by atoms with E-state index in [1.807, 2.05) is 0 Å². The van der Waals surface area contributed by atoms with Crippen LogP contribution in [0.25, 0.3) is 0 Å². The van der Waals surface area contributed by atoms with E-state index in [-0.39, 0.29) is 0 Å². The highest BCUT2D eigenvalue weighted by Gasteiger charge is 2.09. The van der Waals surface area contributed by atoms with Crippen molar-refractivity contribution in [2.75, 3.05) is 13.6 Å². The van der Waals surface area contributed by atoms with Crippen molar-refractivity contribution in [3.63, 3.8) is 0 Å². The van der Waals surface area contributed by atoms with Gasteiger partial charge in [0.2, 0.25) is 0 Å². The molecule has 0 aliphatic heterocycles. The van der Waals surface area contributed by atoms with E-state index in [2.05, 4.69) is 5.32 Å². The van der Waals surface area contributed by atoms with Crippen LogP contribution in [0.4, 0.5) is 0 Å². The van der Waals surface area contributed by atoms with Gasteiger partial charge in [0, 0.05) is 13.6 Å². The Morgan fingerprint density at radius 1 is 1.57 bits per heavy atom. The van der Waals surface area contributed by atoms with Crippen molar-refractivity contribution in [3.8, 4) is 0 Å². The highest BCUT2D eigenvalue weighted by Crippen LogP contribution is 1.96. The van der Waals surface area contributed by atoms with E-state index in [1.165, 1.54) is 0 Å². The van der Waals surface area contributed by atoms with Gasteiger partial charge in [-0.25, -0.2) is 5.32 Å². The summed E-state index contributed by atoms with van der Waals surface area (Å²) in [6.45, 7) is 3.99. The van der Waals surface area contributed by atoms with Crippen molar-refractivity contribution in [2.24, 2.45) is 0 Å². The van der Waals surface area contributed by atoms with Crippen LogP contribution in [0.3, 0.4) is 0 Å². The van der Waals surface area contributed by atoms with Gasteiger partial charge in [-0.3, -0.25) is 0 Å². The summed E-state index contributed by atoms with van der Waals surface area (Å²) >= 11 is 0. The third kappa shape index (κ3) is 5.92. The van der Waals surface area contributed by atoms with E-state index in [9.17, 15) is 0 Å². The number of aliphatic hydroxyl groups is 1. The molecule has 0 fully saturated rings. The zero-order valence-corrected chi connectivity index (χ0v) is 5.10. The molecule has 0 saturated heterocycles. The van der Waals surface area contributed by atoms with Gasteiger partial charge in [-0.15, -0.1) is 0 Å². The lowest BCUT2D eigenvalue weighted by molar-refractivity contribution is 0.0812. The molecule has 0 aromatic heterocycles. The van der Waals surface area contributed by atoms with Crippen LogP contribution in [-0.4, -0.2) is 24.3 Å². The van der Waals surface area contributed by atoms with E-state index in [1.54, 1.807) is 20.9 Å². The SMILES string of the molecule is C[N]CC(C)(C)O. The molecule has 0 spiro atoms. The molecular weight excluding hydrogens is 90.1 g/mol. The molecule has 2 heteroatoms. The third-order valence-corrected chi connectivity index (χ3v) is 0.545. The van der Waals surface area contributed by atoms with Gasteiger partial charge in [-0.2, -0.15) is 0 Å².